The third kappa shape index (κ3) is 4.01. The van der Waals surface area contributed by atoms with E-state index in [1.165, 1.54) is 4.90 Å². The van der Waals surface area contributed by atoms with Gasteiger partial charge in [-0.15, -0.1) is 0 Å². The Morgan fingerprint density at radius 3 is 2.68 bits per heavy atom. The summed E-state index contributed by atoms with van der Waals surface area (Å²) >= 11 is 0. The number of nitrogen functional groups attached to an aromatic ring is 1. The highest BCUT2D eigenvalue weighted by atomic mass is 16.2. The van der Waals surface area contributed by atoms with E-state index in [2.05, 4.69) is 5.32 Å². The second-order valence-corrected chi connectivity index (χ2v) is 4.47. The molecule has 0 aliphatic heterocycles. The normalized spacial score (nSPS) is 10.3. The number of aromatic nitrogens is 1. The van der Waals surface area contributed by atoms with Crippen LogP contribution in [0.3, 0.4) is 0 Å². The van der Waals surface area contributed by atoms with Crippen molar-refractivity contribution in [3.63, 3.8) is 0 Å². The summed E-state index contributed by atoms with van der Waals surface area (Å²) in [6.07, 6.45) is 2.66. The van der Waals surface area contributed by atoms with Gasteiger partial charge in [0.2, 0.25) is 5.91 Å². The van der Waals surface area contributed by atoms with E-state index in [-0.39, 0.29) is 18.4 Å². The van der Waals surface area contributed by atoms with Crippen molar-refractivity contribution in [2.75, 3.05) is 25.9 Å². The number of hydrogen-bond acceptors (Lipinski definition) is 3. The molecule has 0 saturated carbocycles. The van der Waals surface area contributed by atoms with Crippen LogP contribution in [-0.2, 0) is 11.3 Å². The molecule has 6 nitrogen and oxygen atoms in total. The highest BCUT2D eigenvalue weighted by Crippen LogP contribution is 2.13. The molecule has 1 aromatic heterocycles. The van der Waals surface area contributed by atoms with Gasteiger partial charge in [-0.2, -0.15) is 0 Å². The van der Waals surface area contributed by atoms with Gasteiger partial charge in [0.25, 0.3) is 5.91 Å². The minimum absolute atomic E-state index is 0.0455. The molecule has 0 radical (unpaired) electrons. The quantitative estimate of drug-likeness (QED) is 0.795. The summed E-state index contributed by atoms with van der Waals surface area (Å²) in [5, 5.41) is 2.66. The number of nitrogens with two attached hydrogens (primary N) is 1. The lowest BCUT2D eigenvalue weighted by Crippen LogP contribution is -2.38. The number of nitrogens with zero attached hydrogens (tertiary/aromatic N) is 2. The average Bonchev–Trinajstić information content (AvgIpc) is 2.70. The first-order valence-corrected chi connectivity index (χ1v) is 6.47. The van der Waals surface area contributed by atoms with Gasteiger partial charge >= 0.3 is 0 Å². The Labute approximate surface area is 113 Å². The maximum atomic E-state index is 12.3. The summed E-state index contributed by atoms with van der Waals surface area (Å²) in [7, 11) is 1.61. The molecule has 2 amide bonds. The van der Waals surface area contributed by atoms with Gasteiger partial charge in [-0.25, -0.2) is 0 Å². The van der Waals surface area contributed by atoms with Gasteiger partial charge in [0.15, 0.2) is 0 Å². The van der Waals surface area contributed by atoms with Crippen LogP contribution in [0.2, 0.25) is 0 Å². The Hall–Kier alpha value is -1.98. The van der Waals surface area contributed by atoms with E-state index in [1.807, 2.05) is 18.4 Å². The smallest absolute Gasteiger partial charge is 0.270 e. The van der Waals surface area contributed by atoms with Gasteiger partial charge in [0.1, 0.15) is 5.69 Å². The van der Waals surface area contributed by atoms with Crippen molar-refractivity contribution in [1.82, 2.24) is 14.8 Å². The van der Waals surface area contributed by atoms with Crippen molar-refractivity contribution in [3.8, 4) is 0 Å². The summed E-state index contributed by atoms with van der Waals surface area (Å²) in [6, 6.07) is 1.65. The minimum Gasteiger partial charge on any atom is -0.397 e. The molecule has 6 heteroatoms. The maximum Gasteiger partial charge on any atom is 0.270 e. The van der Waals surface area contributed by atoms with Crippen molar-refractivity contribution in [1.29, 1.82) is 0 Å². The van der Waals surface area contributed by atoms with Gasteiger partial charge in [-0.05, 0) is 19.4 Å². The molecular weight excluding hydrogens is 244 g/mol. The van der Waals surface area contributed by atoms with Gasteiger partial charge in [0.05, 0.1) is 12.2 Å². The summed E-state index contributed by atoms with van der Waals surface area (Å²) in [5.41, 5.74) is 6.80. The Balaban J connectivity index is 2.78. The molecule has 3 N–H and O–H groups in total. The van der Waals surface area contributed by atoms with E-state index in [0.29, 0.717) is 17.9 Å². The third-order valence-corrected chi connectivity index (χ3v) is 2.70. The number of likely N-dealkylation sites (N-methyl/N-ethyl adjacent to an activating group) is 2. The maximum absolute atomic E-state index is 12.3. The van der Waals surface area contributed by atoms with Crippen LogP contribution in [0.5, 0.6) is 0 Å². The summed E-state index contributed by atoms with van der Waals surface area (Å²) in [4.78, 5) is 25.1. The van der Waals surface area contributed by atoms with Crippen LogP contribution in [0.25, 0.3) is 0 Å². The predicted molar refractivity (Wildman–Crippen MR) is 74.8 cm³/mol. The zero-order valence-electron chi connectivity index (χ0n) is 11.8. The zero-order chi connectivity index (χ0) is 14.4. The van der Waals surface area contributed by atoms with Crippen molar-refractivity contribution >= 4 is 17.5 Å². The lowest BCUT2D eigenvalue weighted by atomic mass is 10.3. The summed E-state index contributed by atoms with van der Waals surface area (Å²) < 4.78 is 1.83. The molecule has 0 spiro atoms. The number of hydrogen-bond donors (Lipinski definition) is 2. The van der Waals surface area contributed by atoms with E-state index in [4.69, 9.17) is 5.73 Å². The molecule has 19 heavy (non-hydrogen) atoms. The fourth-order valence-electron chi connectivity index (χ4n) is 1.87. The van der Waals surface area contributed by atoms with Crippen LogP contribution in [-0.4, -0.2) is 41.4 Å². The minimum atomic E-state index is -0.198. The number of anilines is 1. The molecule has 0 unspecified atom stereocenters. The van der Waals surface area contributed by atoms with Gasteiger partial charge in [-0.3, -0.25) is 9.59 Å². The van der Waals surface area contributed by atoms with Gasteiger partial charge < -0.3 is 20.5 Å². The van der Waals surface area contributed by atoms with E-state index < -0.39 is 0 Å². The Bertz CT molecular complexity index is 453. The molecule has 0 aliphatic rings. The number of nitrogens with one attached hydrogen (secondary N) is 1. The van der Waals surface area contributed by atoms with Crippen LogP contribution < -0.4 is 11.1 Å². The van der Waals surface area contributed by atoms with Crippen molar-refractivity contribution in [2.24, 2.45) is 0 Å². The number of carbonyl (C=O) groups is 2. The summed E-state index contributed by atoms with van der Waals surface area (Å²) in [5.74, 6) is -0.365. The molecule has 0 fully saturated rings. The molecule has 1 aromatic rings. The topological polar surface area (TPSA) is 80.4 Å². The fraction of sp³-hybridized carbons (Fsp3) is 0.538. The van der Waals surface area contributed by atoms with Crippen molar-refractivity contribution in [2.45, 2.75) is 26.8 Å². The molecule has 0 bridgehead atoms. The molecule has 0 aromatic carbocycles. The van der Waals surface area contributed by atoms with Crippen LogP contribution in [0, 0.1) is 0 Å². The number of carbonyl (C=O) groups excluding carboxylic acids is 2. The predicted octanol–water partition coefficient (Wildman–Crippen LogP) is 0.688. The van der Waals surface area contributed by atoms with Crippen LogP contribution >= 0.6 is 0 Å². The third-order valence-electron chi connectivity index (χ3n) is 2.70. The lowest BCUT2D eigenvalue weighted by molar-refractivity contribution is -0.121. The molecule has 0 atom stereocenters. The molecule has 106 valence electrons. The average molecular weight is 266 g/mol. The first-order chi connectivity index (χ1) is 8.99. The fourth-order valence-corrected chi connectivity index (χ4v) is 1.87. The Morgan fingerprint density at radius 2 is 2.11 bits per heavy atom. The molecule has 1 rings (SSSR count). The number of amides is 2. The Kier molecular flexibility index (Phi) is 5.41. The highest BCUT2D eigenvalue weighted by Gasteiger charge is 2.18. The molecule has 0 saturated heterocycles. The van der Waals surface area contributed by atoms with Crippen molar-refractivity contribution < 1.29 is 9.59 Å². The Morgan fingerprint density at radius 1 is 1.42 bits per heavy atom. The second kappa shape index (κ2) is 6.82. The van der Waals surface area contributed by atoms with Crippen LogP contribution in [0.15, 0.2) is 12.3 Å². The zero-order valence-corrected chi connectivity index (χ0v) is 11.8. The van der Waals surface area contributed by atoms with Gasteiger partial charge in [0, 0.05) is 26.3 Å². The first kappa shape index (κ1) is 15.1. The first-order valence-electron chi connectivity index (χ1n) is 6.47. The van der Waals surface area contributed by atoms with Gasteiger partial charge in [-0.1, -0.05) is 6.92 Å². The van der Waals surface area contributed by atoms with Crippen LogP contribution in [0.4, 0.5) is 5.69 Å². The summed E-state index contributed by atoms with van der Waals surface area (Å²) in [6.45, 7) is 5.20. The van der Waals surface area contributed by atoms with E-state index in [9.17, 15) is 9.59 Å². The van der Waals surface area contributed by atoms with Crippen LogP contribution in [0.1, 0.15) is 30.8 Å². The number of rotatable bonds is 6. The standard InChI is InChI=1S/C13H22N4O2/c1-4-6-17-8-10(14)7-11(17)13(19)16(3)9-12(18)15-5-2/h7-8H,4-6,9,14H2,1-3H3,(H,15,18). The molecular formula is C13H22N4O2. The van der Waals surface area contributed by atoms with E-state index in [1.54, 1.807) is 19.3 Å². The van der Waals surface area contributed by atoms with Crippen molar-refractivity contribution in [3.05, 3.63) is 18.0 Å². The number of aryl methyl sites for hydroxylation is 1. The largest absolute Gasteiger partial charge is 0.397 e. The monoisotopic (exact) mass is 266 g/mol. The lowest BCUT2D eigenvalue weighted by Gasteiger charge is -2.17. The highest BCUT2D eigenvalue weighted by molar-refractivity contribution is 5.96. The molecule has 0 aliphatic carbocycles. The second-order valence-electron chi connectivity index (χ2n) is 4.47. The van der Waals surface area contributed by atoms with E-state index in [0.717, 1.165) is 13.0 Å². The SMILES string of the molecule is CCCn1cc(N)cc1C(=O)N(C)CC(=O)NCC. The van der Waals surface area contributed by atoms with E-state index >= 15 is 0 Å². The molecule has 1 heterocycles.